The average Bonchev–Trinajstić information content (AvgIpc) is 3.12. The molecule has 8 heteroatoms. The van der Waals surface area contributed by atoms with E-state index in [1.165, 1.54) is 0 Å². The molecule has 2 aliphatic heterocycles. The largest absolute Gasteiger partial charge is 0.489 e. The number of piperidine rings is 1. The van der Waals surface area contributed by atoms with E-state index in [0.717, 1.165) is 31.2 Å². The van der Waals surface area contributed by atoms with Crippen molar-refractivity contribution in [2.24, 2.45) is 0 Å². The first kappa shape index (κ1) is 23.3. The van der Waals surface area contributed by atoms with Gasteiger partial charge in [-0.25, -0.2) is 8.78 Å². The van der Waals surface area contributed by atoms with E-state index >= 15 is 0 Å². The molecule has 3 atom stereocenters. The van der Waals surface area contributed by atoms with Crippen LogP contribution in [-0.4, -0.2) is 46.9 Å². The highest BCUT2D eigenvalue weighted by molar-refractivity contribution is 6.01. The Balaban J connectivity index is 1.24. The zero-order valence-electron chi connectivity index (χ0n) is 19.5. The molecule has 6 nitrogen and oxygen atoms in total. The molecule has 5 rings (SSSR count). The number of alkyl halides is 2. The summed E-state index contributed by atoms with van der Waals surface area (Å²) in [6.45, 7) is 4.20. The van der Waals surface area contributed by atoms with Crippen LogP contribution in [0.25, 0.3) is 0 Å². The summed E-state index contributed by atoms with van der Waals surface area (Å²) >= 11 is 0. The third kappa shape index (κ3) is 4.83. The van der Waals surface area contributed by atoms with Gasteiger partial charge in [-0.2, -0.15) is 0 Å². The van der Waals surface area contributed by atoms with Crippen molar-refractivity contribution in [2.45, 2.75) is 101 Å². The van der Waals surface area contributed by atoms with Crippen molar-refractivity contribution in [1.29, 1.82) is 0 Å². The first-order valence-electron chi connectivity index (χ1n) is 12.5. The minimum atomic E-state index is -2.53. The molecule has 0 spiro atoms. The summed E-state index contributed by atoms with van der Waals surface area (Å²) < 4.78 is 33.5. The van der Waals surface area contributed by atoms with Crippen LogP contribution in [0.5, 0.6) is 5.75 Å². The zero-order chi connectivity index (χ0) is 23.9. The fourth-order valence-corrected chi connectivity index (χ4v) is 5.82. The molecule has 1 aromatic rings. The number of rotatable bonds is 5. The molecule has 3 fully saturated rings. The molecular formula is C26H33F2N3O3. The lowest BCUT2D eigenvalue weighted by Crippen LogP contribution is -2.50. The molecule has 34 heavy (non-hydrogen) atoms. The highest BCUT2D eigenvalue weighted by Crippen LogP contribution is 2.35. The third-order valence-corrected chi connectivity index (χ3v) is 7.76. The van der Waals surface area contributed by atoms with E-state index in [-0.39, 0.29) is 42.8 Å². The number of nitrogens with one attached hydrogen (secondary N) is 2. The Kier molecular flexibility index (Phi) is 6.35. The number of hydrogen-bond acceptors (Lipinski definition) is 4. The number of ether oxygens (including phenoxy) is 1. The van der Waals surface area contributed by atoms with Crippen LogP contribution in [0.1, 0.15) is 80.1 Å². The minimum Gasteiger partial charge on any atom is -0.489 e. The van der Waals surface area contributed by atoms with Gasteiger partial charge in [-0.05, 0) is 68.7 Å². The average molecular weight is 474 g/mol. The lowest BCUT2D eigenvalue weighted by Gasteiger charge is -2.37. The molecular weight excluding hydrogens is 440 g/mol. The maximum Gasteiger partial charge on any atom is 0.255 e. The van der Waals surface area contributed by atoms with Crippen molar-refractivity contribution in [3.05, 3.63) is 41.6 Å². The maximum absolute atomic E-state index is 13.5. The van der Waals surface area contributed by atoms with Gasteiger partial charge in [-0.15, -0.1) is 0 Å². The first-order chi connectivity index (χ1) is 16.3. The molecule has 2 saturated carbocycles. The lowest BCUT2D eigenvalue weighted by molar-refractivity contribution is -0.126. The highest BCUT2D eigenvalue weighted by Gasteiger charge is 2.39. The topological polar surface area (TPSA) is 70.7 Å². The van der Waals surface area contributed by atoms with Gasteiger partial charge in [-0.1, -0.05) is 13.0 Å². The molecule has 4 aliphatic rings. The predicted molar refractivity (Wildman–Crippen MR) is 124 cm³/mol. The van der Waals surface area contributed by atoms with Gasteiger partial charge in [0, 0.05) is 42.7 Å². The van der Waals surface area contributed by atoms with E-state index in [9.17, 15) is 18.4 Å². The smallest absolute Gasteiger partial charge is 0.255 e. The predicted octanol–water partition coefficient (Wildman–Crippen LogP) is 4.29. The molecule has 1 aromatic carbocycles. The van der Waals surface area contributed by atoms with Crippen LogP contribution in [-0.2, 0) is 11.3 Å². The second-order valence-corrected chi connectivity index (χ2v) is 10.2. The summed E-state index contributed by atoms with van der Waals surface area (Å²) in [5.41, 5.74) is 2.18. The Morgan fingerprint density at radius 1 is 1.09 bits per heavy atom. The molecule has 2 aliphatic carbocycles. The second-order valence-electron chi connectivity index (χ2n) is 10.2. The van der Waals surface area contributed by atoms with Crippen molar-refractivity contribution in [3.8, 4) is 5.75 Å². The van der Waals surface area contributed by atoms with E-state index in [4.69, 9.17) is 4.74 Å². The number of nitrogens with zero attached hydrogens (tertiary/aromatic N) is 1. The number of benzene rings is 1. The molecule has 0 radical (unpaired) electrons. The Labute approximate surface area is 199 Å². The number of carbonyl (C=O) groups is 2. The van der Waals surface area contributed by atoms with Crippen molar-refractivity contribution >= 4 is 11.8 Å². The maximum atomic E-state index is 13.5. The standard InChI is InChI=1S/C26H33F2N3O3/c1-16-6-9-22(24(32)29-16)31-15-17-14-19(7-8-20(17)25(31)33)34-23-5-3-2-4-21(23)30-18-10-12-26(27,28)13-11-18/h7-8,14,18,21-23,30H,1-6,9-13,15H2,(H,29,32)/t21-,22?,23+/m1/s1. The highest BCUT2D eigenvalue weighted by atomic mass is 19.3. The summed E-state index contributed by atoms with van der Waals surface area (Å²) in [5.74, 6) is -2.11. The summed E-state index contributed by atoms with van der Waals surface area (Å²) in [7, 11) is 0. The number of amides is 2. The van der Waals surface area contributed by atoms with Crippen LogP contribution in [0.15, 0.2) is 30.5 Å². The van der Waals surface area contributed by atoms with Gasteiger partial charge in [-0.3, -0.25) is 9.59 Å². The van der Waals surface area contributed by atoms with E-state index in [1.54, 1.807) is 11.0 Å². The molecule has 2 amide bonds. The van der Waals surface area contributed by atoms with Gasteiger partial charge in [0.05, 0.1) is 0 Å². The van der Waals surface area contributed by atoms with Gasteiger partial charge >= 0.3 is 0 Å². The quantitative estimate of drug-likeness (QED) is 0.669. The third-order valence-electron chi connectivity index (χ3n) is 7.76. The van der Waals surface area contributed by atoms with Crippen LogP contribution < -0.4 is 15.4 Å². The van der Waals surface area contributed by atoms with Gasteiger partial charge < -0.3 is 20.3 Å². The first-order valence-corrected chi connectivity index (χ1v) is 12.5. The van der Waals surface area contributed by atoms with E-state index in [1.807, 2.05) is 12.1 Å². The Hall–Kier alpha value is -2.48. The number of fused-ring (bicyclic) bond motifs is 1. The number of allylic oxidation sites excluding steroid dienone is 1. The summed E-state index contributed by atoms with van der Waals surface area (Å²) in [6.07, 6.45) is 6.16. The minimum absolute atomic E-state index is 0.0300. The monoisotopic (exact) mass is 473 g/mol. The molecule has 2 heterocycles. The van der Waals surface area contributed by atoms with E-state index in [0.29, 0.717) is 49.2 Å². The molecule has 1 saturated heterocycles. The summed E-state index contributed by atoms with van der Waals surface area (Å²) in [6, 6.07) is 5.30. The van der Waals surface area contributed by atoms with Crippen molar-refractivity contribution in [2.75, 3.05) is 0 Å². The van der Waals surface area contributed by atoms with Crippen LogP contribution in [0.2, 0.25) is 0 Å². The van der Waals surface area contributed by atoms with Crippen LogP contribution in [0, 0.1) is 0 Å². The Morgan fingerprint density at radius 2 is 1.85 bits per heavy atom. The van der Waals surface area contributed by atoms with Gasteiger partial charge in [0.1, 0.15) is 17.9 Å². The van der Waals surface area contributed by atoms with Crippen LogP contribution in [0.3, 0.4) is 0 Å². The molecule has 2 N–H and O–H groups in total. The fraction of sp³-hybridized carbons (Fsp3) is 0.615. The summed E-state index contributed by atoms with van der Waals surface area (Å²) in [4.78, 5) is 27.0. The second kappa shape index (κ2) is 9.29. The molecule has 184 valence electrons. The summed E-state index contributed by atoms with van der Waals surface area (Å²) in [5, 5.41) is 6.37. The van der Waals surface area contributed by atoms with Crippen molar-refractivity contribution < 1.29 is 23.1 Å². The van der Waals surface area contributed by atoms with Crippen LogP contribution >= 0.6 is 0 Å². The van der Waals surface area contributed by atoms with Crippen LogP contribution in [0.4, 0.5) is 8.78 Å². The molecule has 0 aromatic heterocycles. The number of halogens is 2. The number of hydrogen-bond donors (Lipinski definition) is 2. The van der Waals surface area contributed by atoms with Crippen molar-refractivity contribution in [3.63, 3.8) is 0 Å². The van der Waals surface area contributed by atoms with E-state index < -0.39 is 12.0 Å². The number of carbonyl (C=O) groups excluding carboxylic acids is 2. The molecule has 0 bridgehead atoms. The van der Waals surface area contributed by atoms with Gasteiger partial charge in [0.2, 0.25) is 11.8 Å². The normalized spacial score (nSPS) is 29.6. The zero-order valence-corrected chi connectivity index (χ0v) is 19.5. The van der Waals surface area contributed by atoms with Crippen molar-refractivity contribution in [1.82, 2.24) is 15.5 Å². The fourth-order valence-electron chi connectivity index (χ4n) is 5.82. The van der Waals surface area contributed by atoms with Gasteiger partial charge in [0.25, 0.3) is 5.91 Å². The lowest BCUT2D eigenvalue weighted by atomic mass is 9.88. The van der Waals surface area contributed by atoms with E-state index in [2.05, 4.69) is 17.2 Å². The van der Waals surface area contributed by atoms with Gasteiger partial charge in [0.15, 0.2) is 0 Å². The molecule has 1 unspecified atom stereocenters. The Morgan fingerprint density at radius 3 is 2.62 bits per heavy atom. The Bertz CT molecular complexity index is 972. The SMILES string of the molecule is C=C1CCC(N2Cc3cc(O[C@H]4CCCC[C@H]4NC4CCC(F)(F)CC4)ccc3C2=O)C(=O)N1.